The Hall–Kier alpha value is -2.93. The Morgan fingerprint density at radius 3 is 2.56 bits per heavy atom. The van der Waals surface area contributed by atoms with Gasteiger partial charge in [-0.15, -0.1) is 11.3 Å². The zero-order valence-electron chi connectivity index (χ0n) is 12.8. The number of nitrogens with zero attached hydrogens (tertiary/aromatic N) is 3. The van der Waals surface area contributed by atoms with Crippen LogP contribution in [0.4, 0.5) is 0 Å². The highest BCUT2D eigenvalue weighted by molar-refractivity contribution is 7.99. The van der Waals surface area contributed by atoms with Crippen molar-refractivity contribution in [2.24, 2.45) is 0 Å². The number of aromatic nitrogens is 1. The first-order valence-corrected chi connectivity index (χ1v) is 9.28. The van der Waals surface area contributed by atoms with Crippen molar-refractivity contribution < 1.29 is 4.79 Å². The number of carbonyl (C=O) groups is 1. The van der Waals surface area contributed by atoms with Gasteiger partial charge in [-0.2, -0.15) is 10.5 Å². The van der Waals surface area contributed by atoms with Crippen molar-refractivity contribution in [2.45, 2.75) is 5.03 Å². The fourth-order valence-electron chi connectivity index (χ4n) is 2.98. The number of carbonyl (C=O) groups excluding carboxylic acids is 1. The molecule has 2 heterocycles. The van der Waals surface area contributed by atoms with Crippen molar-refractivity contribution in [1.82, 2.24) is 4.98 Å². The summed E-state index contributed by atoms with van der Waals surface area (Å²) in [6.45, 7) is 0. The van der Waals surface area contributed by atoms with Gasteiger partial charge in [-0.05, 0) is 11.4 Å². The molecule has 2 aromatic heterocycles. The highest BCUT2D eigenvalue weighted by Crippen LogP contribution is 2.45. The van der Waals surface area contributed by atoms with Crippen molar-refractivity contribution in [3.05, 3.63) is 58.5 Å². The van der Waals surface area contributed by atoms with Crippen LogP contribution in [0.3, 0.4) is 0 Å². The summed E-state index contributed by atoms with van der Waals surface area (Å²) in [6.07, 6.45) is 0. The van der Waals surface area contributed by atoms with E-state index in [1.54, 1.807) is 6.07 Å². The predicted octanol–water partition coefficient (Wildman–Crippen LogP) is 4.51. The van der Waals surface area contributed by atoms with Crippen molar-refractivity contribution >= 4 is 28.9 Å². The molecule has 0 spiro atoms. The summed E-state index contributed by atoms with van der Waals surface area (Å²) in [4.78, 5) is 18.4. The summed E-state index contributed by atoms with van der Waals surface area (Å²) in [5.41, 5.74) is 3.47. The number of fused-ring (bicyclic) bond motifs is 3. The maximum Gasteiger partial charge on any atom is 0.196 e. The summed E-state index contributed by atoms with van der Waals surface area (Å²) in [5.74, 6) is 0.0924. The van der Waals surface area contributed by atoms with Gasteiger partial charge in [0.2, 0.25) is 0 Å². The molecule has 1 aliphatic carbocycles. The van der Waals surface area contributed by atoms with Gasteiger partial charge >= 0.3 is 0 Å². The van der Waals surface area contributed by atoms with E-state index in [1.807, 2.05) is 35.7 Å². The van der Waals surface area contributed by atoms with Gasteiger partial charge in [-0.1, -0.05) is 42.1 Å². The Balaban J connectivity index is 2.09. The Morgan fingerprint density at radius 2 is 1.88 bits per heavy atom. The van der Waals surface area contributed by atoms with Gasteiger partial charge in [-0.25, -0.2) is 4.98 Å². The van der Waals surface area contributed by atoms with Gasteiger partial charge in [-0.3, -0.25) is 4.79 Å². The summed E-state index contributed by atoms with van der Waals surface area (Å²) in [7, 11) is 0. The second-order valence-corrected chi connectivity index (χ2v) is 7.21. The van der Waals surface area contributed by atoms with Crippen LogP contribution in [0, 0.1) is 22.7 Å². The average Bonchev–Trinajstić information content (AvgIpc) is 3.27. The van der Waals surface area contributed by atoms with E-state index in [2.05, 4.69) is 17.1 Å². The number of rotatable bonds is 3. The lowest BCUT2D eigenvalue weighted by atomic mass is 9.99. The maximum absolute atomic E-state index is 13.0. The van der Waals surface area contributed by atoms with Crippen molar-refractivity contribution in [3.8, 4) is 33.8 Å². The van der Waals surface area contributed by atoms with Crippen LogP contribution >= 0.6 is 23.1 Å². The van der Waals surface area contributed by atoms with E-state index in [0.717, 1.165) is 10.4 Å². The lowest BCUT2D eigenvalue weighted by Crippen LogP contribution is -2.03. The van der Waals surface area contributed by atoms with Gasteiger partial charge in [0.25, 0.3) is 0 Å². The third kappa shape index (κ3) is 2.35. The van der Waals surface area contributed by atoms with Crippen molar-refractivity contribution in [3.63, 3.8) is 0 Å². The predicted molar refractivity (Wildman–Crippen MR) is 97.5 cm³/mol. The minimum absolute atomic E-state index is 0.102. The average molecular weight is 359 g/mol. The molecule has 0 N–H and O–H groups in total. The fraction of sp³-hybridized carbons (Fsp3) is 0.0526. The number of hydrogen-bond donors (Lipinski definition) is 0. The molecule has 118 valence electrons. The van der Waals surface area contributed by atoms with E-state index in [4.69, 9.17) is 5.26 Å². The van der Waals surface area contributed by atoms with Crippen molar-refractivity contribution in [2.75, 3.05) is 5.75 Å². The Morgan fingerprint density at radius 1 is 1.08 bits per heavy atom. The standard InChI is InChI=1S/C19H9N3OS2/c20-7-9-25-19-13(10-21)15(14-6-3-8-24-14)16-17(22-19)11-4-1-2-5-12(11)18(16)23/h1-6,8H,9H2. The van der Waals surface area contributed by atoms with Gasteiger partial charge in [0.15, 0.2) is 5.78 Å². The quantitative estimate of drug-likeness (QED) is 0.503. The van der Waals surface area contributed by atoms with Crippen LogP contribution in [0.1, 0.15) is 21.5 Å². The maximum atomic E-state index is 13.0. The first-order chi connectivity index (χ1) is 12.3. The van der Waals surface area contributed by atoms with Gasteiger partial charge < -0.3 is 0 Å². The summed E-state index contributed by atoms with van der Waals surface area (Å²) in [5, 5.41) is 21.1. The van der Waals surface area contributed by atoms with Crippen LogP contribution in [0.15, 0.2) is 46.8 Å². The third-order valence-electron chi connectivity index (χ3n) is 3.97. The Labute approximate surface area is 152 Å². The van der Waals surface area contributed by atoms with Gasteiger partial charge in [0.1, 0.15) is 11.1 Å². The van der Waals surface area contributed by atoms with Crippen molar-refractivity contribution in [1.29, 1.82) is 10.5 Å². The first-order valence-electron chi connectivity index (χ1n) is 7.42. The number of benzene rings is 1. The van der Waals surface area contributed by atoms with Crippen LogP contribution < -0.4 is 0 Å². The normalized spacial score (nSPS) is 11.5. The van der Waals surface area contributed by atoms with E-state index in [9.17, 15) is 10.1 Å². The zero-order chi connectivity index (χ0) is 17.4. The summed E-state index contributed by atoms with van der Waals surface area (Å²) < 4.78 is 0. The molecule has 6 heteroatoms. The van der Waals surface area contributed by atoms with E-state index in [-0.39, 0.29) is 11.5 Å². The van der Waals surface area contributed by atoms with Crippen LogP contribution in [0.25, 0.3) is 21.7 Å². The topological polar surface area (TPSA) is 77.5 Å². The molecule has 0 aliphatic heterocycles. The molecule has 4 nitrogen and oxygen atoms in total. The van der Waals surface area contributed by atoms with Crippen LogP contribution in [0.2, 0.25) is 0 Å². The highest BCUT2D eigenvalue weighted by atomic mass is 32.2. The lowest BCUT2D eigenvalue weighted by Gasteiger charge is -2.11. The van der Waals surface area contributed by atoms with E-state index < -0.39 is 0 Å². The lowest BCUT2D eigenvalue weighted by molar-refractivity contribution is 0.104. The summed E-state index contributed by atoms with van der Waals surface area (Å²) in [6, 6.07) is 15.4. The molecule has 1 aromatic carbocycles. The first kappa shape index (κ1) is 15.6. The highest BCUT2D eigenvalue weighted by Gasteiger charge is 2.34. The number of hydrogen-bond acceptors (Lipinski definition) is 6. The molecule has 0 unspecified atom stereocenters. The number of pyridine rings is 1. The zero-order valence-corrected chi connectivity index (χ0v) is 14.4. The number of thioether (sulfide) groups is 1. The van der Waals surface area contributed by atoms with Gasteiger partial charge in [0.05, 0.1) is 28.6 Å². The minimum atomic E-state index is -0.102. The van der Waals surface area contributed by atoms with Crippen LogP contribution in [-0.4, -0.2) is 16.5 Å². The monoisotopic (exact) mass is 359 g/mol. The molecular formula is C19H9N3OS2. The Kier molecular flexibility index (Phi) is 3.85. The number of thiophene rings is 1. The Bertz CT molecular complexity index is 1090. The molecule has 0 saturated carbocycles. The summed E-state index contributed by atoms with van der Waals surface area (Å²) >= 11 is 2.70. The molecule has 1 aliphatic rings. The molecule has 0 bridgehead atoms. The second-order valence-electron chi connectivity index (χ2n) is 5.30. The van der Waals surface area contributed by atoms with Crippen LogP contribution in [0.5, 0.6) is 0 Å². The number of nitriles is 2. The van der Waals surface area contributed by atoms with E-state index >= 15 is 0 Å². The molecule has 4 rings (SSSR count). The number of ketones is 1. The molecular weight excluding hydrogens is 350 g/mol. The molecule has 0 fully saturated rings. The second kappa shape index (κ2) is 6.18. The molecule has 3 aromatic rings. The minimum Gasteiger partial charge on any atom is -0.288 e. The van der Waals surface area contributed by atoms with Gasteiger partial charge in [0, 0.05) is 21.6 Å². The molecule has 0 saturated heterocycles. The molecule has 0 radical (unpaired) electrons. The molecule has 0 amide bonds. The smallest absolute Gasteiger partial charge is 0.196 e. The van der Waals surface area contributed by atoms with E-state index in [0.29, 0.717) is 33.0 Å². The fourth-order valence-corrected chi connectivity index (χ4v) is 4.41. The van der Waals surface area contributed by atoms with Crippen LogP contribution in [-0.2, 0) is 0 Å². The molecule has 25 heavy (non-hydrogen) atoms. The van der Waals surface area contributed by atoms with E-state index in [1.165, 1.54) is 23.1 Å². The SMILES string of the molecule is N#CCSc1nc2c(c(-c3cccs3)c1C#N)C(=O)c1ccccc1-2. The molecule has 0 atom stereocenters. The third-order valence-corrected chi connectivity index (χ3v) is 5.70. The largest absolute Gasteiger partial charge is 0.288 e.